The van der Waals surface area contributed by atoms with Gasteiger partial charge >= 0.3 is 5.97 Å². The first kappa shape index (κ1) is 18.6. The van der Waals surface area contributed by atoms with Crippen LogP contribution in [0.15, 0.2) is 29.0 Å². The van der Waals surface area contributed by atoms with Crippen molar-refractivity contribution in [3.63, 3.8) is 0 Å². The zero-order valence-electron chi connectivity index (χ0n) is 15.4. The average Bonchev–Trinajstić information content (AvgIpc) is 3.26. The third-order valence-corrected chi connectivity index (χ3v) is 6.52. The standard InChI is InChI=1S/C18H20N4O5S/c1-9-11(16(18(26)27)22-15(9)14(10(2)24)17(22)25)6-20-7-13-21(3-4-28-13)12(20)5-19-8-23/h3-4,7-10,14-15,24H,5-6H2,1-2H3,(H-,19,23,26,27)/p+1/t9-,10+,14+,15+/m0/s1. The van der Waals surface area contributed by atoms with Crippen LogP contribution in [0.5, 0.6) is 0 Å². The average molecular weight is 405 g/mol. The Morgan fingerprint density at radius 1 is 1.50 bits per heavy atom. The molecule has 28 heavy (non-hydrogen) atoms. The lowest BCUT2D eigenvalue weighted by Crippen LogP contribution is -2.63. The van der Waals surface area contributed by atoms with Gasteiger partial charge in [-0.3, -0.25) is 9.59 Å². The summed E-state index contributed by atoms with van der Waals surface area (Å²) in [5.41, 5.74) is 0.653. The molecule has 10 heteroatoms. The largest absolute Gasteiger partial charge is 0.477 e. The van der Waals surface area contributed by atoms with E-state index in [1.54, 1.807) is 6.92 Å². The number of thiazole rings is 1. The summed E-state index contributed by atoms with van der Waals surface area (Å²) in [7, 11) is 0. The molecule has 0 aliphatic carbocycles. The second-order valence-electron chi connectivity index (χ2n) is 7.22. The van der Waals surface area contributed by atoms with Crippen molar-refractivity contribution >= 4 is 34.5 Å². The summed E-state index contributed by atoms with van der Waals surface area (Å²) in [6.45, 7) is 4.04. The van der Waals surface area contributed by atoms with Crippen LogP contribution in [0.2, 0.25) is 0 Å². The van der Waals surface area contributed by atoms with Gasteiger partial charge in [-0.15, -0.1) is 0 Å². The van der Waals surface area contributed by atoms with Gasteiger partial charge < -0.3 is 20.4 Å². The van der Waals surface area contributed by atoms with E-state index in [1.165, 1.54) is 16.2 Å². The summed E-state index contributed by atoms with van der Waals surface area (Å²) in [5.74, 6) is -1.46. The monoisotopic (exact) mass is 405 g/mol. The van der Waals surface area contributed by atoms with Gasteiger partial charge in [-0.1, -0.05) is 18.3 Å². The van der Waals surface area contributed by atoms with E-state index in [4.69, 9.17) is 0 Å². The fraction of sp³-hybridized carbons (Fsp3) is 0.444. The number of nitrogens with one attached hydrogen (secondary N) is 1. The number of carboxylic acids is 1. The zero-order chi connectivity index (χ0) is 20.2. The number of fused-ring (bicyclic) bond motifs is 2. The third kappa shape index (κ3) is 2.55. The van der Waals surface area contributed by atoms with Gasteiger partial charge in [0.2, 0.25) is 17.1 Å². The lowest BCUT2D eigenvalue weighted by molar-refractivity contribution is -0.695. The van der Waals surface area contributed by atoms with Crippen LogP contribution in [-0.4, -0.2) is 49.9 Å². The molecule has 0 unspecified atom stereocenters. The van der Waals surface area contributed by atoms with Crippen LogP contribution < -0.4 is 9.88 Å². The summed E-state index contributed by atoms with van der Waals surface area (Å²) < 4.78 is 3.85. The predicted octanol–water partition coefficient (Wildman–Crippen LogP) is -0.270. The molecule has 1 fully saturated rings. The fourth-order valence-corrected chi connectivity index (χ4v) is 5.23. The molecule has 148 valence electrons. The number of imidazole rings is 1. The first-order valence-corrected chi connectivity index (χ1v) is 9.86. The van der Waals surface area contributed by atoms with Crippen molar-refractivity contribution in [2.45, 2.75) is 39.1 Å². The summed E-state index contributed by atoms with van der Waals surface area (Å²) in [6, 6.07) is -0.338. The highest BCUT2D eigenvalue weighted by Crippen LogP contribution is 2.47. The number of amides is 2. The maximum atomic E-state index is 12.5. The van der Waals surface area contributed by atoms with Crippen LogP contribution in [-0.2, 0) is 27.5 Å². The second-order valence-corrected chi connectivity index (χ2v) is 8.14. The molecule has 2 aromatic heterocycles. The van der Waals surface area contributed by atoms with E-state index in [2.05, 4.69) is 5.32 Å². The number of aliphatic carboxylic acids is 1. The maximum absolute atomic E-state index is 12.5. The second kappa shape index (κ2) is 6.71. The molecule has 9 nitrogen and oxygen atoms in total. The maximum Gasteiger partial charge on any atom is 0.352 e. The molecule has 2 amide bonds. The smallest absolute Gasteiger partial charge is 0.352 e. The molecule has 3 N–H and O–H groups in total. The van der Waals surface area contributed by atoms with Crippen molar-refractivity contribution in [3.05, 3.63) is 34.9 Å². The molecule has 4 atom stereocenters. The Labute approximate surface area is 164 Å². The molecular formula is C18H21N4O5S+. The molecule has 0 spiro atoms. The number of β-lactam (4-membered cyclic amide) rings is 1. The van der Waals surface area contributed by atoms with E-state index in [-0.39, 0.29) is 23.6 Å². The molecule has 2 aliphatic heterocycles. The zero-order valence-corrected chi connectivity index (χ0v) is 16.2. The highest BCUT2D eigenvalue weighted by atomic mass is 32.1. The number of nitrogens with zero attached hydrogens (tertiary/aromatic N) is 3. The molecule has 2 aliphatic rings. The molecular weight excluding hydrogens is 384 g/mol. The van der Waals surface area contributed by atoms with Crippen LogP contribution in [0, 0.1) is 11.8 Å². The molecule has 0 aromatic carbocycles. The number of aliphatic hydroxyl groups excluding tert-OH is 1. The van der Waals surface area contributed by atoms with Crippen LogP contribution in [0.4, 0.5) is 0 Å². The van der Waals surface area contributed by atoms with Crippen molar-refractivity contribution in [2.75, 3.05) is 0 Å². The van der Waals surface area contributed by atoms with Crippen LogP contribution >= 0.6 is 11.3 Å². The van der Waals surface area contributed by atoms with Crippen molar-refractivity contribution in [1.82, 2.24) is 14.6 Å². The Balaban J connectivity index is 1.74. The van der Waals surface area contributed by atoms with Gasteiger partial charge in [0.1, 0.15) is 31.2 Å². The highest BCUT2D eigenvalue weighted by Gasteiger charge is 2.60. The van der Waals surface area contributed by atoms with Crippen molar-refractivity contribution in [3.8, 4) is 0 Å². The van der Waals surface area contributed by atoms with Gasteiger partial charge in [0, 0.05) is 16.9 Å². The predicted molar refractivity (Wildman–Crippen MR) is 98.0 cm³/mol. The van der Waals surface area contributed by atoms with E-state index < -0.39 is 18.0 Å². The van der Waals surface area contributed by atoms with E-state index in [0.717, 1.165) is 10.7 Å². The number of rotatable bonds is 7. The Hall–Kier alpha value is -2.72. The lowest BCUT2D eigenvalue weighted by atomic mass is 9.78. The molecule has 4 rings (SSSR count). The molecule has 2 aromatic rings. The number of hydrogen-bond donors (Lipinski definition) is 3. The van der Waals surface area contributed by atoms with Crippen LogP contribution in [0.25, 0.3) is 4.83 Å². The van der Waals surface area contributed by atoms with Gasteiger partial charge in [0.15, 0.2) is 0 Å². The Bertz CT molecular complexity index is 1010. The summed E-state index contributed by atoms with van der Waals surface area (Å²) in [4.78, 5) is 37.5. The number of carbonyl (C=O) groups excluding carboxylic acids is 2. The normalized spacial score (nSPS) is 25.0. The SMILES string of the molecule is C[C@@H](O)[C@H]1C(=O)N2C(C(=O)O)=C(C[n+]3cc4sccn4c3CNC=O)[C@H](C)[C@H]12. The minimum Gasteiger partial charge on any atom is -0.477 e. The molecule has 0 bridgehead atoms. The quantitative estimate of drug-likeness (QED) is 0.333. The van der Waals surface area contributed by atoms with E-state index in [1.807, 2.05) is 33.7 Å². The van der Waals surface area contributed by atoms with Gasteiger partial charge in [-0.25, -0.2) is 9.36 Å². The van der Waals surface area contributed by atoms with Crippen LogP contribution in [0.1, 0.15) is 19.7 Å². The van der Waals surface area contributed by atoms with Gasteiger partial charge in [0.05, 0.1) is 18.1 Å². The Morgan fingerprint density at radius 3 is 2.89 bits per heavy atom. The summed E-state index contributed by atoms with van der Waals surface area (Å²) >= 11 is 1.54. The van der Waals surface area contributed by atoms with E-state index >= 15 is 0 Å². The molecule has 0 saturated carbocycles. The number of hydrogen-bond acceptors (Lipinski definition) is 5. The lowest BCUT2D eigenvalue weighted by Gasteiger charge is -2.46. The molecule has 0 radical (unpaired) electrons. The minimum atomic E-state index is -1.14. The van der Waals surface area contributed by atoms with Crippen molar-refractivity contribution in [1.29, 1.82) is 0 Å². The van der Waals surface area contributed by atoms with Crippen molar-refractivity contribution in [2.24, 2.45) is 11.8 Å². The Morgan fingerprint density at radius 2 is 2.25 bits per heavy atom. The highest BCUT2D eigenvalue weighted by molar-refractivity contribution is 7.15. The van der Waals surface area contributed by atoms with Gasteiger partial charge in [-0.05, 0) is 6.92 Å². The molecule has 4 heterocycles. The minimum absolute atomic E-state index is 0.00995. The van der Waals surface area contributed by atoms with Crippen LogP contribution in [0.3, 0.4) is 0 Å². The topological polar surface area (TPSA) is 115 Å². The number of aliphatic hydroxyl groups is 1. The molecule has 1 saturated heterocycles. The summed E-state index contributed by atoms with van der Waals surface area (Å²) in [5, 5.41) is 24.3. The Kier molecular flexibility index (Phi) is 4.47. The third-order valence-electron chi connectivity index (χ3n) is 5.71. The fourth-order valence-electron chi connectivity index (χ4n) is 4.44. The number of aromatic nitrogens is 2. The van der Waals surface area contributed by atoms with E-state index in [0.29, 0.717) is 25.1 Å². The first-order chi connectivity index (χ1) is 13.4. The van der Waals surface area contributed by atoms with Gasteiger partial charge in [-0.2, -0.15) is 4.40 Å². The first-order valence-electron chi connectivity index (χ1n) is 8.98. The van der Waals surface area contributed by atoms with Gasteiger partial charge in [0.25, 0.3) is 5.82 Å². The summed E-state index contributed by atoms with van der Waals surface area (Å²) in [6.07, 6.45) is 3.59. The number of carboxylic acid groups (broad SMARTS) is 1. The van der Waals surface area contributed by atoms with Crippen molar-refractivity contribution < 1.29 is 29.2 Å². The van der Waals surface area contributed by atoms with E-state index in [9.17, 15) is 24.6 Å². The number of carbonyl (C=O) groups is 3.